The minimum Gasteiger partial charge on any atom is -0.357 e. The van der Waals surface area contributed by atoms with Crippen molar-refractivity contribution < 1.29 is 0 Å². The standard InChI is InChI=1S/C16H22N4/c1-11-10-15(19-16(17-3)18-11)14-8-6-13(7-9-14)12(2)20(4)5/h6-10,12H,1-5H3,(H,17,18,19)/t12-/m1/s1. The molecule has 1 atom stereocenters. The fourth-order valence-electron chi connectivity index (χ4n) is 2.06. The van der Waals surface area contributed by atoms with Gasteiger partial charge < -0.3 is 10.2 Å². The minimum atomic E-state index is 0.407. The van der Waals surface area contributed by atoms with Crippen LogP contribution in [0.2, 0.25) is 0 Å². The molecule has 4 nitrogen and oxygen atoms in total. The number of nitrogens with zero attached hydrogens (tertiary/aromatic N) is 3. The lowest BCUT2D eigenvalue weighted by molar-refractivity contribution is 0.321. The average Bonchev–Trinajstić information content (AvgIpc) is 2.45. The first-order chi connectivity index (χ1) is 9.51. The Labute approximate surface area is 120 Å². The Morgan fingerprint density at radius 2 is 1.75 bits per heavy atom. The number of rotatable bonds is 4. The highest BCUT2D eigenvalue weighted by molar-refractivity contribution is 5.61. The highest BCUT2D eigenvalue weighted by atomic mass is 15.1. The molecule has 0 radical (unpaired) electrons. The predicted molar refractivity (Wildman–Crippen MR) is 83.9 cm³/mol. The molecule has 1 aromatic heterocycles. The molecule has 0 saturated carbocycles. The van der Waals surface area contributed by atoms with Gasteiger partial charge in [0, 0.05) is 24.3 Å². The molecule has 1 N–H and O–H groups in total. The maximum atomic E-state index is 4.50. The summed E-state index contributed by atoms with van der Waals surface area (Å²) in [6.07, 6.45) is 0. The summed E-state index contributed by atoms with van der Waals surface area (Å²) < 4.78 is 0. The smallest absolute Gasteiger partial charge is 0.223 e. The largest absolute Gasteiger partial charge is 0.357 e. The predicted octanol–water partition coefficient (Wildman–Crippen LogP) is 3.12. The third kappa shape index (κ3) is 3.14. The van der Waals surface area contributed by atoms with Crippen molar-refractivity contribution in [2.75, 3.05) is 26.5 Å². The summed E-state index contributed by atoms with van der Waals surface area (Å²) in [6.45, 7) is 4.18. The third-order valence-electron chi connectivity index (χ3n) is 3.54. The van der Waals surface area contributed by atoms with Crippen molar-refractivity contribution in [2.45, 2.75) is 19.9 Å². The monoisotopic (exact) mass is 270 g/mol. The summed E-state index contributed by atoms with van der Waals surface area (Å²) in [5.41, 5.74) is 4.33. The Kier molecular flexibility index (Phi) is 4.35. The van der Waals surface area contributed by atoms with E-state index in [9.17, 15) is 0 Å². The molecule has 20 heavy (non-hydrogen) atoms. The highest BCUT2D eigenvalue weighted by Crippen LogP contribution is 2.23. The molecule has 106 valence electrons. The number of hydrogen-bond acceptors (Lipinski definition) is 4. The van der Waals surface area contributed by atoms with Crippen molar-refractivity contribution in [1.29, 1.82) is 0 Å². The van der Waals surface area contributed by atoms with E-state index in [-0.39, 0.29) is 0 Å². The van der Waals surface area contributed by atoms with Crippen LogP contribution in [-0.2, 0) is 0 Å². The number of anilines is 1. The minimum absolute atomic E-state index is 0.407. The first-order valence-electron chi connectivity index (χ1n) is 6.81. The molecule has 0 amide bonds. The van der Waals surface area contributed by atoms with Gasteiger partial charge in [0.15, 0.2) is 0 Å². The van der Waals surface area contributed by atoms with Crippen LogP contribution < -0.4 is 5.32 Å². The molecule has 1 aromatic carbocycles. The molecule has 0 fully saturated rings. The Hall–Kier alpha value is -1.94. The van der Waals surface area contributed by atoms with Crippen molar-refractivity contribution in [3.8, 4) is 11.3 Å². The van der Waals surface area contributed by atoms with Gasteiger partial charge in [0.25, 0.3) is 0 Å². The second-order valence-corrected chi connectivity index (χ2v) is 5.23. The van der Waals surface area contributed by atoms with Crippen molar-refractivity contribution in [3.63, 3.8) is 0 Å². The number of aryl methyl sites for hydroxylation is 1. The van der Waals surface area contributed by atoms with Gasteiger partial charge in [-0.1, -0.05) is 24.3 Å². The van der Waals surface area contributed by atoms with E-state index in [4.69, 9.17) is 0 Å². The van der Waals surface area contributed by atoms with Crippen LogP contribution in [-0.4, -0.2) is 36.0 Å². The first kappa shape index (κ1) is 14.5. The maximum Gasteiger partial charge on any atom is 0.223 e. The van der Waals surface area contributed by atoms with E-state index >= 15 is 0 Å². The average molecular weight is 270 g/mol. The number of aromatic nitrogens is 2. The van der Waals surface area contributed by atoms with E-state index in [1.807, 2.05) is 20.0 Å². The number of nitrogens with one attached hydrogen (secondary N) is 1. The number of hydrogen-bond donors (Lipinski definition) is 1. The second kappa shape index (κ2) is 6.01. The zero-order valence-electron chi connectivity index (χ0n) is 12.8. The molecule has 2 aromatic rings. The summed E-state index contributed by atoms with van der Waals surface area (Å²) in [6, 6.07) is 11.0. The van der Waals surface area contributed by atoms with Gasteiger partial charge in [-0.15, -0.1) is 0 Å². The summed E-state index contributed by atoms with van der Waals surface area (Å²) in [7, 11) is 6.01. The topological polar surface area (TPSA) is 41.1 Å². The lowest BCUT2D eigenvalue weighted by Crippen LogP contribution is -2.16. The van der Waals surface area contributed by atoms with Crippen molar-refractivity contribution in [1.82, 2.24) is 14.9 Å². The van der Waals surface area contributed by atoms with Gasteiger partial charge in [-0.2, -0.15) is 0 Å². The van der Waals surface area contributed by atoms with Crippen LogP contribution in [0.3, 0.4) is 0 Å². The molecule has 4 heteroatoms. The van der Waals surface area contributed by atoms with Crippen LogP contribution in [0.5, 0.6) is 0 Å². The quantitative estimate of drug-likeness (QED) is 0.926. The van der Waals surface area contributed by atoms with Gasteiger partial charge >= 0.3 is 0 Å². The SMILES string of the molecule is CNc1nc(C)cc(-c2ccc([C@@H](C)N(C)C)cc2)n1. The fraction of sp³-hybridized carbons (Fsp3) is 0.375. The summed E-state index contributed by atoms with van der Waals surface area (Å²) in [4.78, 5) is 11.0. The van der Waals surface area contributed by atoms with Crippen LogP contribution >= 0.6 is 0 Å². The summed E-state index contributed by atoms with van der Waals surface area (Å²) in [5.74, 6) is 0.658. The van der Waals surface area contributed by atoms with Gasteiger partial charge in [-0.3, -0.25) is 0 Å². The zero-order chi connectivity index (χ0) is 14.7. The lowest BCUT2D eigenvalue weighted by Gasteiger charge is -2.20. The van der Waals surface area contributed by atoms with Gasteiger partial charge in [0.2, 0.25) is 5.95 Å². The van der Waals surface area contributed by atoms with E-state index in [1.165, 1.54) is 5.56 Å². The van der Waals surface area contributed by atoms with Crippen LogP contribution in [0.15, 0.2) is 30.3 Å². The Balaban J connectivity index is 2.32. The highest BCUT2D eigenvalue weighted by Gasteiger charge is 2.09. The molecule has 2 rings (SSSR count). The molecule has 0 spiro atoms. The van der Waals surface area contributed by atoms with E-state index in [1.54, 1.807) is 0 Å². The van der Waals surface area contributed by atoms with Gasteiger partial charge in [-0.25, -0.2) is 9.97 Å². The summed E-state index contributed by atoms with van der Waals surface area (Å²) >= 11 is 0. The van der Waals surface area contributed by atoms with Crippen molar-refractivity contribution in [2.24, 2.45) is 0 Å². The van der Waals surface area contributed by atoms with Crippen LogP contribution in [0.25, 0.3) is 11.3 Å². The van der Waals surface area contributed by atoms with Crippen LogP contribution in [0.1, 0.15) is 24.2 Å². The molecule has 0 bridgehead atoms. The third-order valence-corrected chi connectivity index (χ3v) is 3.54. The Morgan fingerprint density at radius 1 is 1.10 bits per heavy atom. The normalized spacial score (nSPS) is 12.5. The van der Waals surface area contributed by atoms with E-state index < -0.39 is 0 Å². The van der Waals surface area contributed by atoms with Crippen LogP contribution in [0.4, 0.5) is 5.95 Å². The zero-order valence-corrected chi connectivity index (χ0v) is 12.8. The fourth-order valence-corrected chi connectivity index (χ4v) is 2.06. The van der Waals surface area contributed by atoms with Gasteiger partial charge in [0.05, 0.1) is 5.69 Å². The van der Waals surface area contributed by atoms with E-state index in [0.717, 1.165) is 17.0 Å². The number of benzene rings is 1. The Morgan fingerprint density at radius 3 is 2.30 bits per heavy atom. The van der Waals surface area contributed by atoms with E-state index in [2.05, 4.69) is 65.5 Å². The van der Waals surface area contributed by atoms with Gasteiger partial charge in [0.1, 0.15) is 0 Å². The first-order valence-corrected chi connectivity index (χ1v) is 6.81. The van der Waals surface area contributed by atoms with Crippen molar-refractivity contribution >= 4 is 5.95 Å². The lowest BCUT2D eigenvalue weighted by atomic mass is 10.0. The molecule has 1 heterocycles. The van der Waals surface area contributed by atoms with Gasteiger partial charge in [-0.05, 0) is 39.6 Å². The molecule has 0 saturated heterocycles. The molecule has 0 aliphatic carbocycles. The maximum absolute atomic E-state index is 4.50. The molecule has 0 aliphatic rings. The second-order valence-electron chi connectivity index (χ2n) is 5.23. The Bertz CT molecular complexity index is 576. The molecule has 0 aliphatic heterocycles. The molecular formula is C16H22N4. The molecule has 0 unspecified atom stereocenters. The van der Waals surface area contributed by atoms with Crippen LogP contribution in [0, 0.1) is 6.92 Å². The molecular weight excluding hydrogens is 248 g/mol. The van der Waals surface area contributed by atoms with E-state index in [0.29, 0.717) is 12.0 Å². The summed E-state index contributed by atoms with van der Waals surface area (Å²) in [5, 5.41) is 2.99. The van der Waals surface area contributed by atoms with Crippen molar-refractivity contribution in [3.05, 3.63) is 41.6 Å².